The van der Waals surface area contributed by atoms with Crippen LogP contribution in [0.2, 0.25) is 0 Å². The Morgan fingerprint density at radius 3 is 2.89 bits per heavy atom. The molecule has 1 aromatic rings. The Morgan fingerprint density at radius 1 is 1.44 bits per heavy atom. The molecule has 0 aliphatic rings. The van der Waals surface area contributed by atoms with Crippen LogP contribution in [0.4, 0.5) is 0 Å². The van der Waals surface area contributed by atoms with Gasteiger partial charge < -0.3 is 10.1 Å². The number of para-hydroxylation sites is 1. The third-order valence-corrected chi connectivity index (χ3v) is 3.61. The molecule has 0 saturated heterocycles. The van der Waals surface area contributed by atoms with Gasteiger partial charge in [0.2, 0.25) is 0 Å². The first-order valence-electron chi connectivity index (χ1n) is 6.21. The maximum Gasteiger partial charge on any atom is 0.123 e. The van der Waals surface area contributed by atoms with Crippen molar-refractivity contribution < 1.29 is 4.74 Å². The van der Waals surface area contributed by atoms with E-state index in [1.54, 1.807) is 18.9 Å². The Kier molecular flexibility index (Phi) is 7.40. The molecule has 0 amide bonds. The van der Waals surface area contributed by atoms with Gasteiger partial charge in [0.05, 0.1) is 12.9 Å². The van der Waals surface area contributed by atoms with Crippen molar-refractivity contribution in [2.24, 2.45) is 0 Å². The first-order valence-corrected chi connectivity index (χ1v) is 7.36. The lowest BCUT2D eigenvalue weighted by Gasteiger charge is -2.19. The summed E-state index contributed by atoms with van der Waals surface area (Å²) in [5, 5.41) is 3.55. The number of nitrogens with one attached hydrogen (secondary N) is 1. The summed E-state index contributed by atoms with van der Waals surface area (Å²) in [5.41, 5.74) is 1.23. The summed E-state index contributed by atoms with van der Waals surface area (Å²) in [5.74, 6) is 5.41. The number of benzene rings is 1. The first kappa shape index (κ1) is 14.9. The van der Waals surface area contributed by atoms with E-state index >= 15 is 0 Å². The van der Waals surface area contributed by atoms with E-state index in [0.717, 1.165) is 30.2 Å². The van der Waals surface area contributed by atoms with Gasteiger partial charge in [0.1, 0.15) is 5.75 Å². The molecule has 1 N–H and O–H groups in total. The van der Waals surface area contributed by atoms with Crippen molar-refractivity contribution in [1.29, 1.82) is 0 Å². The van der Waals surface area contributed by atoms with Crippen LogP contribution in [-0.2, 0) is 0 Å². The summed E-state index contributed by atoms with van der Waals surface area (Å²) < 4.78 is 5.40. The van der Waals surface area contributed by atoms with Gasteiger partial charge in [-0.25, -0.2) is 0 Å². The predicted octanol–water partition coefficient (Wildman–Crippen LogP) is 3.10. The molecular weight excluding hydrogens is 242 g/mol. The zero-order valence-electron chi connectivity index (χ0n) is 11.1. The van der Waals surface area contributed by atoms with Gasteiger partial charge in [0.25, 0.3) is 0 Å². The van der Waals surface area contributed by atoms with Gasteiger partial charge in [-0.05, 0) is 12.5 Å². The van der Waals surface area contributed by atoms with Gasteiger partial charge >= 0.3 is 0 Å². The van der Waals surface area contributed by atoms with Crippen LogP contribution in [0.3, 0.4) is 0 Å². The molecule has 0 aromatic heterocycles. The molecule has 0 fully saturated rings. The number of hydrogen-bond donors (Lipinski definition) is 1. The summed E-state index contributed by atoms with van der Waals surface area (Å²) in [7, 11) is 1.72. The number of methoxy groups -OCH3 is 1. The topological polar surface area (TPSA) is 21.3 Å². The standard InChI is InChI=1S/C15H21NOS/c1-4-11-18-12-10-16-14(5-2)13-8-6-7-9-15(13)17-3/h1,6-9,14,16H,5,10-12H2,2-3H3. The SMILES string of the molecule is C#CCSCCNC(CC)c1ccccc1OC. The molecule has 18 heavy (non-hydrogen) atoms. The van der Waals surface area contributed by atoms with Crippen molar-refractivity contribution in [2.75, 3.05) is 25.2 Å². The molecule has 1 aromatic carbocycles. The van der Waals surface area contributed by atoms with E-state index in [0.29, 0.717) is 6.04 Å². The third-order valence-electron chi connectivity index (χ3n) is 2.75. The van der Waals surface area contributed by atoms with Gasteiger partial charge in [-0.3, -0.25) is 0 Å². The maximum atomic E-state index is 5.40. The van der Waals surface area contributed by atoms with Gasteiger partial charge in [-0.1, -0.05) is 31.0 Å². The minimum absolute atomic E-state index is 0.340. The zero-order chi connectivity index (χ0) is 13.2. The Bertz CT molecular complexity index is 386. The Balaban J connectivity index is 2.52. The molecule has 98 valence electrons. The Labute approximate surface area is 115 Å². The van der Waals surface area contributed by atoms with Crippen molar-refractivity contribution in [1.82, 2.24) is 5.32 Å². The molecule has 0 saturated carbocycles. The third kappa shape index (κ3) is 4.64. The number of hydrogen-bond acceptors (Lipinski definition) is 3. The van der Waals surface area contributed by atoms with E-state index < -0.39 is 0 Å². The summed E-state index contributed by atoms with van der Waals surface area (Å²) in [6.45, 7) is 3.14. The normalized spacial score (nSPS) is 11.8. The molecule has 1 atom stereocenters. The smallest absolute Gasteiger partial charge is 0.123 e. The highest BCUT2D eigenvalue weighted by atomic mass is 32.2. The molecule has 3 heteroatoms. The van der Waals surface area contributed by atoms with Crippen LogP contribution in [0, 0.1) is 12.3 Å². The lowest BCUT2D eigenvalue weighted by atomic mass is 10.0. The zero-order valence-corrected chi connectivity index (χ0v) is 11.9. The van der Waals surface area contributed by atoms with E-state index in [2.05, 4.69) is 30.3 Å². The lowest BCUT2D eigenvalue weighted by molar-refractivity contribution is 0.398. The monoisotopic (exact) mass is 263 g/mol. The van der Waals surface area contributed by atoms with Crippen LogP contribution in [0.1, 0.15) is 24.9 Å². The molecule has 1 unspecified atom stereocenters. The molecule has 0 spiro atoms. The predicted molar refractivity (Wildman–Crippen MR) is 80.2 cm³/mol. The van der Waals surface area contributed by atoms with Crippen molar-refractivity contribution in [3.8, 4) is 18.1 Å². The quantitative estimate of drug-likeness (QED) is 0.575. The summed E-state index contributed by atoms with van der Waals surface area (Å²) >= 11 is 1.78. The fourth-order valence-electron chi connectivity index (χ4n) is 1.86. The highest BCUT2D eigenvalue weighted by Gasteiger charge is 2.12. The molecule has 0 bridgehead atoms. The molecular formula is C15H21NOS. The molecule has 0 aliphatic heterocycles. The van der Waals surface area contributed by atoms with E-state index in [-0.39, 0.29) is 0 Å². The molecule has 0 radical (unpaired) electrons. The van der Waals surface area contributed by atoms with Crippen LogP contribution in [0.25, 0.3) is 0 Å². The number of ether oxygens (including phenoxy) is 1. The van der Waals surface area contributed by atoms with Crippen LogP contribution in [-0.4, -0.2) is 25.2 Å². The lowest BCUT2D eigenvalue weighted by Crippen LogP contribution is -2.23. The van der Waals surface area contributed by atoms with E-state index in [1.807, 2.05) is 12.1 Å². The fraction of sp³-hybridized carbons (Fsp3) is 0.467. The van der Waals surface area contributed by atoms with Gasteiger partial charge in [-0.2, -0.15) is 0 Å². The average Bonchev–Trinajstić information content (AvgIpc) is 2.43. The fourth-order valence-corrected chi connectivity index (χ4v) is 2.39. The van der Waals surface area contributed by atoms with Crippen molar-refractivity contribution in [2.45, 2.75) is 19.4 Å². The highest BCUT2D eigenvalue weighted by Crippen LogP contribution is 2.26. The van der Waals surface area contributed by atoms with Crippen LogP contribution < -0.4 is 10.1 Å². The van der Waals surface area contributed by atoms with Crippen LogP contribution >= 0.6 is 11.8 Å². The highest BCUT2D eigenvalue weighted by molar-refractivity contribution is 7.99. The second-order valence-corrected chi connectivity index (χ2v) is 5.02. The molecule has 0 heterocycles. The molecule has 2 nitrogen and oxygen atoms in total. The number of terminal acetylenes is 1. The largest absolute Gasteiger partial charge is 0.496 e. The van der Waals surface area contributed by atoms with E-state index in [4.69, 9.17) is 11.2 Å². The van der Waals surface area contributed by atoms with Gasteiger partial charge in [0.15, 0.2) is 0 Å². The minimum Gasteiger partial charge on any atom is -0.496 e. The average molecular weight is 263 g/mol. The second-order valence-electron chi connectivity index (χ2n) is 3.91. The minimum atomic E-state index is 0.340. The summed E-state index contributed by atoms with van der Waals surface area (Å²) in [4.78, 5) is 0. The maximum absolute atomic E-state index is 5.40. The molecule has 0 aliphatic carbocycles. The van der Waals surface area contributed by atoms with Crippen molar-refractivity contribution >= 4 is 11.8 Å². The van der Waals surface area contributed by atoms with Crippen LogP contribution in [0.5, 0.6) is 5.75 Å². The van der Waals surface area contributed by atoms with Crippen molar-refractivity contribution in [3.63, 3.8) is 0 Å². The Morgan fingerprint density at radius 2 is 2.22 bits per heavy atom. The number of rotatable bonds is 8. The van der Waals surface area contributed by atoms with E-state index in [9.17, 15) is 0 Å². The van der Waals surface area contributed by atoms with Crippen LogP contribution in [0.15, 0.2) is 24.3 Å². The molecule has 1 rings (SSSR count). The van der Waals surface area contributed by atoms with E-state index in [1.165, 1.54) is 5.56 Å². The second kappa shape index (κ2) is 8.91. The van der Waals surface area contributed by atoms with Crippen molar-refractivity contribution in [3.05, 3.63) is 29.8 Å². The van der Waals surface area contributed by atoms with Gasteiger partial charge in [-0.15, -0.1) is 18.2 Å². The summed E-state index contributed by atoms with van der Waals surface area (Å²) in [6.07, 6.45) is 6.26. The van der Waals surface area contributed by atoms with Gasteiger partial charge in [0, 0.05) is 23.9 Å². The number of thioether (sulfide) groups is 1. The Hall–Kier alpha value is -1.11. The summed E-state index contributed by atoms with van der Waals surface area (Å²) in [6, 6.07) is 8.52. The first-order chi connectivity index (χ1) is 8.83.